The number of rotatable bonds is 3. The van der Waals surface area contributed by atoms with Crippen molar-refractivity contribution >= 4 is 11.6 Å². The van der Waals surface area contributed by atoms with Crippen LogP contribution in [0.2, 0.25) is 5.02 Å². The maximum absolute atomic E-state index is 12.0. The molecule has 2 aromatic rings. The number of aliphatic hydroxyl groups excluding tert-OH is 1. The highest BCUT2D eigenvalue weighted by Gasteiger charge is 2.30. The highest BCUT2D eigenvalue weighted by Crippen LogP contribution is 2.28. The molecule has 1 aromatic carbocycles. The quantitative estimate of drug-likeness (QED) is 0.938. The summed E-state index contributed by atoms with van der Waals surface area (Å²) in [4.78, 5) is 4.07. The number of aromatic nitrogens is 1. The zero-order chi connectivity index (χ0) is 14.8. The lowest BCUT2D eigenvalue weighted by molar-refractivity contribution is -0.274. The van der Waals surface area contributed by atoms with Crippen LogP contribution >= 0.6 is 11.6 Å². The Labute approximate surface area is 117 Å². The number of nitrogens with zero attached hydrogens (tertiary/aromatic N) is 1. The minimum Gasteiger partial charge on any atom is -0.406 e. The van der Waals surface area contributed by atoms with Crippen molar-refractivity contribution in [1.82, 2.24) is 4.98 Å². The van der Waals surface area contributed by atoms with Gasteiger partial charge < -0.3 is 9.84 Å². The van der Waals surface area contributed by atoms with Crippen LogP contribution in [0.25, 0.3) is 11.3 Å². The van der Waals surface area contributed by atoms with Crippen molar-refractivity contribution < 1.29 is 23.0 Å². The molecule has 20 heavy (non-hydrogen) atoms. The normalized spacial score (nSPS) is 11.4. The lowest BCUT2D eigenvalue weighted by Gasteiger charge is -2.10. The van der Waals surface area contributed by atoms with E-state index in [-0.39, 0.29) is 12.4 Å². The van der Waals surface area contributed by atoms with E-state index in [1.54, 1.807) is 6.07 Å². The highest BCUT2D eigenvalue weighted by molar-refractivity contribution is 6.30. The molecule has 0 radical (unpaired) electrons. The van der Waals surface area contributed by atoms with Gasteiger partial charge in [0.1, 0.15) is 5.75 Å². The monoisotopic (exact) mass is 303 g/mol. The summed E-state index contributed by atoms with van der Waals surface area (Å²) in [5.74, 6) is -0.319. The molecule has 1 aromatic heterocycles. The zero-order valence-electron chi connectivity index (χ0n) is 9.99. The Bertz CT molecular complexity index is 600. The van der Waals surface area contributed by atoms with Crippen molar-refractivity contribution in [2.45, 2.75) is 13.0 Å². The van der Waals surface area contributed by atoms with Crippen molar-refractivity contribution in [3.63, 3.8) is 0 Å². The predicted molar refractivity (Wildman–Crippen MR) is 67.3 cm³/mol. The summed E-state index contributed by atoms with van der Waals surface area (Å²) >= 11 is 5.76. The van der Waals surface area contributed by atoms with Gasteiger partial charge in [-0.3, -0.25) is 4.98 Å². The molecule has 0 aliphatic rings. The molecule has 0 aliphatic carbocycles. The number of benzene rings is 1. The minimum atomic E-state index is -4.73. The van der Waals surface area contributed by atoms with Crippen molar-refractivity contribution in [2.75, 3.05) is 0 Å². The van der Waals surface area contributed by atoms with Gasteiger partial charge in [-0.15, -0.1) is 13.2 Å². The molecule has 0 unspecified atom stereocenters. The van der Waals surface area contributed by atoms with Gasteiger partial charge in [-0.2, -0.15) is 0 Å². The average Bonchev–Trinajstić information content (AvgIpc) is 2.38. The molecule has 7 heteroatoms. The number of hydrogen-bond donors (Lipinski definition) is 1. The van der Waals surface area contributed by atoms with Gasteiger partial charge >= 0.3 is 6.36 Å². The summed E-state index contributed by atoms with van der Waals surface area (Å²) in [6.45, 7) is -0.274. The predicted octanol–water partition coefficient (Wildman–Crippen LogP) is 3.79. The summed E-state index contributed by atoms with van der Waals surface area (Å²) in [5.41, 5.74) is 1.50. The SMILES string of the molecule is OCc1cc(Cl)cnc1-c1ccc(OC(F)(F)F)cc1. The zero-order valence-corrected chi connectivity index (χ0v) is 10.7. The van der Waals surface area contributed by atoms with Crippen molar-refractivity contribution in [3.05, 3.63) is 47.1 Å². The van der Waals surface area contributed by atoms with Gasteiger partial charge in [0.05, 0.1) is 17.3 Å². The molecule has 0 saturated carbocycles. The van der Waals surface area contributed by atoms with Crippen molar-refractivity contribution in [3.8, 4) is 17.0 Å². The summed E-state index contributed by atoms with van der Waals surface area (Å²) in [6.07, 6.45) is -3.33. The van der Waals surface area contributed by atoms with Crippen LogP contribution in [0.4, 0.5) is 13.2 Å². The number of ether oxygens (including phenoxy) is 1. The van der Waals surface area contributed by atoms with Crippen molar-refractivity contribution in [2.24, 2.45) is 0 Å². The Kier molecular flexibility index (Phi) is 4.15. The van der Waals surface area contributed by atoms with Gasteiger partial charge in [-0.1, -0.05) is 11.6 Å². The van der Waals surface area contributed by atoms with E-state index < -0.39 is 6.36 Å². The molecule has 0 atom stereocenters. The molecule has 0 amide bonds. The van der Waals surface area contributed by atoms with E-state index in [0.717, 1.165) is 0 Å². The Morgan fingerprint density at radius 2 is 1.85 bits per heavy atom. The summed E-state index contributed by atoms with van der Waals surface area (Å²) < 4.78 is 39.9. The Hall–Kier alpha value is -1.79. The van der Waals surface area contributed by atoms with Crippen LogP contribution in [0, 0.1) is 0 Å². The van der Waals surface area contributed by atoms with Gasteiger partial charge in [-0.05, 0) is 30.3 Å². The van der Waals surface area contributed by atoms with Crippen LogP contribution in [0.5, 0.6) is 5.75 Å². The van der Waals surface area contributed by atoms with Crippen LogP contribution in [0.15, 0.2) is 36.5 Å². The van der Waals surface area contributed by atoms with Gasteiger partial charge in [0.25, 0.3) is 0 Å². The maximum atomic E-state index is 12.0. The van der Waals surface area contributed by atoms with Crippen LogP contribution in [-0.2, 0) is 6.61 Å². The molecule has 3 nitrogen and oxygen atoms in total. The van der Waals surface area contributed by atoms with Gasteiger partial charge in [0, 0.05) is 17.3 Å². The minimum absolute atomic E-state index is 0.274. The highest BCUT2D eigenvalue weighted by atomic mass is 35.5. The number of pyridine rings is 1. The number of hydrogen-bond acceptors (Lipinski definition) is 3. The second-order valence-electron chi connectivity index (χ2n) is 3.89. The number of alkyl halides is 3. The largest absolute Gasteiger partial charge is 0.573 e. The van der Waals surface area contributed by atoms with E-state index in [9.17, 15) is 18.3 Å². The molecular weight excluding hydrogens is 295 g/mol. The summed E-state index contributed by atoms with van der Waals surface area (Å²) in [5, 5.41) is 9.61. The van der Waals surface area contributed by atoms with Gasteiger partial charge in [0.2, 0.25) is 0 Å². The molecule has 0 aliphatic heterocycles. The van der Waals surface area contributed by atoms with Crippen LogP contribution in [0.3, 0.4) is 0 Å². The Morgan fingerprint density at radius 1 is 1.20 bits per heavy atom. The van der Waals surface area contributed by atoms with E-state index in [1.807, 2.05) is 0 Å². The van der Waals surface area contributed by atoms with Crippen molar-refractivity contribution in [1.29, 1.82) is 0 Å². The molecule has 1 heterocycles. The molecular formula is C13H9ClF3NO2. The standard InChI is InChI=1S/C13H9ClF3NO2/c14-10-5-9(7-19)12(18-6-10)8-1-3-11(4-2-8)20-13(15,16)17/h1-6,19H,7H2. The molecule has 0 bridgehead atoms. The fourth-order valence-electron chi connectivity index (χ4n) is 1.68. The smallest absolute Gasteiger partial charge is 0.406 e. The first kappa shape index (κ1) is 14.6. The molecule has 0 fully saturated rings. The molecule has 0 spiro atoms. The van der Waals surface area contributed by atoms with E-state index >= 15 is 0 Å². The second-order valence-corrected chi connectivity index (χ2v) is 4.33. The molecule has 1 N–H and O–H groups in total. The third-order valence-electron chi connectivity index (χ3n) is 2.46. The first-order valence-electron chi connectivity index (χ1n) is 5.50. The lowest BCUT2D eigenvalue weighted by Crippen LogP contribution is -2.16. The average molecular weight is 304 g/mol. The second kappa shape index (κ2) is 5.68. The molecule has 0 saturated heterocycles. The fraction of sp³-hybridized carbons (Fsp3) is 0.154. The van der Waals surface area contributed by atoms with Gasteiger partial charge in [-0.25, -0.2) is 0 Å². The Morgan fingerprint density at radius 3 is 2.40 bits per heavy atom. The Balaban J connectivity index is 2.30. The van der Waals surface area contributed by atoms with E-state index in [1.165, 1.54) is 30.5 Å². The summed E-state index contributed by atoms with van der Waals surface area (Å²) in [6, 6.07) is 6.76. The van der Waals surface area contributed by atoms with E-state index in [2.05, 4.69) is 9.72 Å². The van der Waals surface area contributed by atoms with Crippen LogP contribution < -0.4 is 4.74 Å². The summed E-state index contributed by atoms with van der Waals surface area (Å²) in [7, 11) is 0. The third kappa shape index (κ3) is 3.61. The van der Waals surface area contributed by atoms with Gasteiger partial charge in [0.15, 0.2) is 0 Å². The molecule has 2 rings (SSSR count). The van der Waals surface area contributed by atoms with E-state index in [4.69, 9.17) is 11.6 Å². The van der Waals surface area contributed by atoms with Crippen LogP contribution in [0.1, 0.15) is 5.56 Å². The van der Waals surface area contributed by atoms with Crippen LogP contribution in [-0.4, -0.2) is 16.5 Å². The number of aliphatic hydroxyl groups is 1. The fourth-order valence-corrected chi connectivity index (χ4v) is 1.86. The lowest BCUT2D eigenvalue weighted by atomic mass is 10.1. The topological polar surface area (TPSA) is 42.4 Å². The third-order valence-corrected chi connectivity index (χ3v) is 2.67. The first-order valence-corrected chi connectivity index (χ1v) is 5.88. The number of halogens is 4. The van der Waals surface area contributed by atoms with E-state index in [0.29, 0.717) is 21.8 Å². The molecule has 106 valence electrons. The first-order chi connectivity index (χ1) is 9.39. The maximum Gasteiger partial charge on any atom is 0.573 e.